The van der Waals surface area contributed by atoms with E-state index in [2.05, 4.69) is 26.9 Å². The molecule has 0 unspecified atom stereocenters. The monoisotopic (exact) mass is 460 g/mol. The van der Waals surface area contributed by atoms with Crippen molar-refractivity contribution in [2.24, 2.45) is 4.99 Å². The second-order valence-corrected chi connectivity index (χ2v) is 8.64. The number of rotatable bonds is 4. The molecule has 33 heavy (non-hydrogen) atoms. The molecule has 1 aromatic heterocycles. The first-order chi connectivity index (χ1) is 16.1. The lowest BCUT2D eigenvalue weighted by molar-refractivity contribution is -0.384. The van der Waals surface area contributed by atoms with Crippen LogP contribution in [0.3, 0.4) is 0 Å². The van der Waals surface area contributed by atoms with E-state index in [0.29, 0.717) is 27.2 Å². The maximum Gasteiger partial charge on any atom is 0.286 e. The molecule has 1 fully saturated rings. The summed E-state index contributed by atoms with van der Waals surface area (Å²) < 4.78 is 5.82. The number of thioether (sulfide) groups is 1. The second kappa shape index (κ2) is 8.95. The summed E-state index contributed by atoms with van der Waals surface area (Å²) in [4.78, 5) is 32.3. The SMILES string of the molecule is O=C1N=C(N2CCN(c3ccccc3)CC2)SC1=Cc1ccc(-c2cccc([N+](=O)[O-])c2)o1. The van der Waals surface area contributed by atoms with E-state index in [0.717, 1.165) is 26.2 Å². The summed E-state index contributed by atoms with van der Waals surface area (Å²) in [5.74, 6) is 0.714. The fourth-order valence-corrected chi connectivity index (χ4v) is 4.76. The third-order valence-corrected chi connectivity index (χ3v) is 6.57. The summed E-state index contributed by atoms with van der Waals surface area (Å²) in [6, 6.07) is 20.0. The highest BCUT2D eigenvalue weighted by Crippen LogP contribution is 2.33. The van der Waals surface area contributed by atoms with Crippen LogP contribution < -0.4 is 4.90 Å². The maximum atomic E-state index is 12.5. The van der Waals surface area contributed by atoms with Gasteiger partial charge >= 0.3 is 0 Å². The first kappa shape index (κ1) is 21.0. The minimum Gasteiger partial charge on any atom is -0.457 e. The van der Waals surface area contributed by atoms with Crippen molar-refractivity contribution in [2.45, 2.75) is 0 Å². The minimum atomic E-state index is -0.443. The normalized spacial score (nSPS) is 17.5. The van der Waals surface area contributed by atoms with Gasteiger partial charge < -0.3 is 14.2 Å². The molecular formula is C24H20N4O4S. The van der Waals surface area contributed by atoms with Crippen LogP contribution in [-0.4, -0.2) is 47.1 Å². The zero-order valence-corrected chi connectivity index (χ0v) is 18.4. The minimum absolute atomic E-state index is 0.00395. The van der Waals surface area contributed by atoms with Crippen molar-refractivity contribution in [3.63, 3.8) is 0 Å². The highest BCUT2D eigenvalue weighted by Gasteiger charge is 2.29. The predicted molar refractivity (Wildman–Crippen MR) is 129 cm³/mol. The Hall–Kier alpha value is -3.85. The number of furan rings is 1. The number of carbonyl (C=O) groups excluding carboxylic acids is 1. The Kier molecular flexibility index (Phi) is 5.70. The molecule has 1 amide bonds. The summed E-state index contributed by atoms with van der Waals surface area (Å²) >= 11 is 1.35. The number of hydrogen-bond donors (Lipinski definition) is 0. The zero-order valence-electron chi connectivity index (χ0n) is 17.6. The van der Waals surface area contributed by atoms with Gasteiger partial charge in [-0.05, 0) is 36.0 Å². The third-order valence-electron chi connectivity index (χ3n) is 5.52. The molecule has 0 N–H and O–H groups in total. The molecule has 3 heterocycles. The molecule has 0 bridgehead atoms. The Morgan fingerprint density at radius 2 is 1.73 bits per heavy atom. The molecule has 0 spiro atoms. The van der Waals surface area contributed by atoms with Crippen molar-refractivity contribution in [2.75, 3.05) is 31.1 Å². The predicted octanol–water partition coefficient (Wildman–Crippen LogP) is 4.65. The maximum absolute atomic E-state index is 12.5. The van der Waals surface area contributed by atoms with Gasteiger partial charge in [0.05, 0.1) is 9.83 Å². The van der Waals surface area contributed by atoms with Crippen molar-refractivity contribution in [1.82, 2.24) is 4.90 Å². The summed E-state index contributed by atoms with van der Waals surface area (Å²) in [5, 5.41) is 11.7. The number of nitro benzene ring substituents is 1. The topological polar surface area (TPSA) is 92.2 Å². The molecule has 5 rings (SSSR count). The van der Waals surface area contributed by atoms with Crippen LogP contribution in [0.1, 0.15) is 5.76 Å². The van der Waals surface area contributed by atoms with Crippen molar-refractivity contribution >= 4 is 40.3 Å². The number of anilines is 1. The highest BCUT2D eigenvalue weighted by atomic mass is 32.2. The van der Waals surface area contributed by atoms with Crippen molar-refractivity contribution in [1.29, 1.82) is 0 Å². The Labute approximate surface area is 194 Å². The molecule has 8 nitrogen and oxygen atoms in total. The van der Waals surface area contributed by atoms with Crippen molar-refractivity contribution in [3.05, 3.63) is 87.5 Å². The van der Waals surface area contributed by atoms with Crippen LogP contribution in [0.15, 0.2) is 81.0 Å². The lowest BCUT2D eigenvalue weighted by Gasteiger charge is -2.36. The van der Waals surface area contributed by atoms with Gasteiger partial charge in [0, 0.05) is 55.6 Å². The van der Waals surface area contributed by atoms with Gasteiger partial charge in [-0.15, -0.1) is 0 Å². The van der Waals surface area contributed by atoms with E-state index in [9.17, 15) is 14.9 Å². The fourth-order valence-electron chi connectivity index (χ4n) is 3.82. The first-order valence-electron chi connectivity index (χ1n) is 10.5. The lowest BCUT2D eigenvalue weighted by Crippen LogP contribution is -2.47. The first-order valence-corrected chi connectivity index (χ1v) is 11.3. The van der Waals surface area contributed by atoms with Gasteiger partial charge in [-0.2, -0.15) is 4.99 Å². The van der Waals surface area contributed by atoms with Crippen LogP contribution in [0.5, 0.6) is 0 Å². The lowest BCUT2D eigenvalue weighted by atomic mass is 10.1. The number of amidine groups is 1. The van der Waals surface area contributed by atoms with E-state index in [-0.39, 0.29) is 11.6 Å². The summed E-state index contributed by atoms with van der Waals surface area (Å²) in [5.41, 5.74) is 1.80. The average molecular weight is 461 g/mol. The standard InChI is InChI=1S/C24H20N4O4S/c29-23-22(16-20-9-10-21(32-20)17-5-4-8-19(15-17)28(30)31)33-24(25-23)27-13-11-26(12-14-27)18-6-2-1-3-7-18/h1-10,15-16H,11-14H2. The molecular weight excluding hydrogens is 440 g/mol. The van der Waals surface area contributed by atoms with Crippen LogP contribution in [0.4, 0.5) is 11.4 Å². The van der Waals surface area contributed by atoms with Crippen LogP contribution in [0.2, 0.25) is 0 Å². The van der Waals surface area contributed by atoms with E-state index >= 15 is 0 Å². The number of hydrogen-bond acceptors (Lipinski definition) is 7. The quantitative estimate of drug-likeness (QED) is 0.318. The molecule has 166 valence electrons. The van der Waals surface area contributed by atoms with Crippen LogP contribution in [0.25, 0.3) is 17.4 Å². The fraction of sp³-hybridized carbons (Fsp3) is 0.167. The second-order valence-electron chi connectivity index (χ2n) is 7.63. The highest BCUT2D eigenvalue weighted by molar-refractivity contribution is 8.18. The van der Waals surface area contributed by atoms with E-state index < -0.39 is 4.92 Å². The van der Waals surface area contributed by atoms with Gasteiger partial charge in [0.2, 0.25) is 0 Å². The van der Waals surface area contributed by atoms with Crippen LogP contribution in [0, 0.1) is 10.1 Å². The molecule has 0 aliphatic carbocycles. The van der Waals surface area contributed by atoms with Crippen molar-refractivity contribution in [3.8, 4) is 11.3 Å². The molecule has 0 atom stereocenters. The molecule has 2 aromatic carbocycles. The third kappa shape index (κ3) is 4.54. The number of amides is 1. The molecule has 0 saturated carbocycles. The number of para-hydroxylation sites is 1. The summed E-state index contributed by atoms with van der Waals surface area (Å²) in [6.07, 6.45) is 1.67. The Morgan fingerprint density at radius 3 is 2.48 bits per heavy atom. The molecule has 2 aliphatic rings. The van der Waals surface area contributed by atoms with Gasteiger partial charge in [-0.1, -0.05) is 30.3 Å². The van der Waals surface area contributed by atoms with Crippen LogP contribution in [-0.2, 0) is 4.79 Å². The van der Waals surface area contributed by atoms with Gasteiger partial charge in [0.1, 0.15) is 11.5 Å². The number of non-ortho nitro benzene ring substituents is 1. The summed E-state index contributed by atoms with van der Waals surface area (Å²) in [7, 11) is 0. The molecule has 0 radical (unpaired) electrons. The molecule has 9 heteroatoms. The number of piperazine rings is 1. The van der Waals surface area contributed by atoms with E-state index in [1.807, 2.05) is 18.2 Å². The Morgan fingerprint density at radius 1 is 0.970 bits per heavy atom. The average Bonchev–Trinajstić information content (AvgIpc) is 3.47. The van der Waals surface area contributed by atoms with E-state index in [1.54, 1.807) is 30.3 Å². The number of carbonyl (C=O) groups is 1. The number of nitro groups is 1. The zero-order chi connectivity index (χ0) is 22.8. The number of nitrogens with zero attached hydrogens (tertiary/aromatic N) is 4. The van der Waals surface area contributed by atoms with Crippen LogP contribution >= 0.6 is 11.8 Å². The van der Waals surface area contributed by atoms with Gasteiger partial charge in [0.15, 0.2) is 5.17 Å². The smallest absolute Gasteiger partial charge is 0.286 e. The summed E-state index contributed by atoms with van der Waals surface area (Å²) in [6.45, 7) is 3.31. The Balaban J connectivity index is 1.25. The molecule has 2 aliphatic heterocycles. The molecule has 3 aromatic rings. The van der Waals surface area contributed by atoms with Gasteiger partial charge in [-0.3, -0.25) is 14.9 Å². The Bertz CT molecular complexity index is 1260. The number of benzene rings is 2. The van der Waals surface area contributed by atoms with E-state index in [1.165, 1.54) is 29.6 Å². The number of aliphatic imine (C=N–C) groups is 1. The van der Waals surface area contributed by atoms with Gasteiger partial charge in [-0.25, -0.2) is 0 Å². The largest absolute Gasteiger partial charge is 0.457 e. The van der Waals surface area contributed by atoms with Gasteiger partial charge in [0.25, 0.3) is 11.6 Å². The van der Waals surface area contributed by atoms with Crippen molar-refractivity contribution < 1.29 is 14.1 Å². The van der Waals surface area contributed by atoms with E-state index in [4.69, 9.17) is 4.42 Å². The molecule has 1 saturated heterocycles.